The van der Waals surface area contributed by atoms with Crippen LogP contribution in [0.15, 0.2) is 65.6 Å². The second kappa shape index (κ2) is 11.5. The second-order valence-corrected chi connectivity index (χ2v) is 10.7. The number of pyridine rings is 1. The molecule has 6 rings (SSSR count). The number of thiophene rings is 1. The van der Waals surface area contributed by atoms with Gasteiger partial charge in [0, 0.05) is 44.6 Å². The Hall–Kier alpha value is -3.90. The molecule has 0 radical (unpaired) electrons. The predicted octanol–water partition coefficient (Wildman–Crippen LogP) is 5.62. The lowest BCUT2D eigenvalue weighted by molar-refractivity contribution is -0.143. The normalized spacial score (nSPS) is 15.8. The van der Waals surface area contributed by atoms with Gasteiger partial charge in [-0.3, -0.25) is 4.40 Å². The number of carboxylic acid groups (broad SMARTS) is 1. The first-order valence-corrected chi connectivity index (χ1v) is 14.1. The van der Waals surface area contributed by atoms with Crippen LogP contribution in [0.2, 0.25) is 0 Å². The number of ether oxygens (including phenoxy) is 4. The summed E-state index contributed by atoms with van der Waals surface area (Å²) in [5.41, 5.74) is 4.32. The summed E-state index contributed by atoms with van der Waals surface area (Å²) in [6.45, 7) is 0.456. The predicted molar refractivity (Wildman–Crippen MR) is 151 cm³/mol. The van der Waals surface area contributed by atoms with Crippen molar-refractivity contribution in [1.29, 1.82) is 0 Å². The first-order valence-electron chi connectivity index (χ1n) is 13.1. The molecule has 0 amide bonds. The molecular formula is C30H28FN3O6S. The van der Waals surface area contributed by atoms with Crippen LogP contribution in [-0.4, -0.2) is 59.2 Å². The fourth-order valence-electron chi connectivity index (χ4n) is 5.39. The second-order valence-electron chi connectivity index (χ2n) is 9.91. The molecule has 1 N–H and O–H groups in total. The largest absolute Gasteiger partial charge is 0.483 e. The highest BCUT2D eigenvalue weighted by Crippen LogP contribution is 2.39. The van der Waals surface area contributed by atoms with E-state index in [2.05, 4.69) is 21.6 Å². The summed E-state index contributed by atoms with van der Waals surface area (Å²) in [5, 5.41) is 22.6. The molecule has 1 unspecified atom stereocenters. The lowest BCUT2D eigenvalue weighted by atomic mass is 9.86. The zero-order chi connectivity index (χ0) is 28.4. The van der Waals surface area contributed by atoms with E-state index >= 15 is 0 Å². The SMILES string of the molecule is COC1(c2cc(F)cc(OC(COCC(=O)O)c3ccc4c(-c5ccsc5)cc5nncn5c4c3)c2)CCOCC1. The van der Waals surface area contributed by atoms with Gasteiger partial charge in [0.15, 0.2) is 5.65 Å². The van der Waals surface area contributed by atoms with Crippen LogP contribution < -0.4 is 4.74 Å². The molecule has 9 nitrogen and oxygen atoms in total. The highest BCUT2D eigenvalue weighted by molar-refractivity contribution is 7.08. The minimum Gasteiger partial charge on any atom is -0.483 e. The van der Waals surface area contributed by atoms with E-state index in [0.29, 0.717) is 37.3 Å². The van der Waals surface area contributed by atoms with Crippen molar-refractivity contribution < 1.29 is 33.2 Å². The highest BCUT2D eigenvalue weighted by atomic mass is 32.1. The molecule has 11 heteroatoms. The lowest BCUT2D eigenvalue weighted by Crippen LogP contribution is -2.35. The number of halogens is 1. The molecule has 0 saturated carbocycles. The quantitative estimate of drug-likeness (QED) is 0.228. The standard InChI is InChI=1S/C30H28FN3O6S/c1-37-30(5-7-38-8-6-30)21-11-22(31)13-23(12-21)40-27(15-39-16-29(35)36)19-2-3-24-25(20-4-9-41-17-20)14-28-33-32-18-34(28)26(24)10-19/h2-4,9-14,17-18,27H,5-8,15-16H2,1H3,(H,35,36). The number of carboxylic acids is 1. The summed E-state index contributed by atoms with van der Waals surface area (Å²) in [6, 6.07) is 14.5. The van der Waals surface area contributed by atoms with Crippen LogP contribution in [0, 0.1) is 5.82 Å². The maximum Gasteiger partial charge on any atom is 0.329 e. The van der Waals surface area contributed by atoms with Gasteiger partial charge >= 0.3 is 5.97 Å². The van der Waals surface area contributed by atoms with Crippen LogP contribution in [-0.2, 0) is 24.6 Å². The average Bonchev–Trinajstić information content (AvgIpc) is 3.69. The zero-order valence-corrected chi connectivity index (χ0v) is 23.1. The number of rotatable bonds is 10. The Morgan fingerprint density at radius 1 is 1.20 bits per heavy atom. The molecule has 1 atom stereocenters. The van der Waals surface area contributed by atoms with E-state index in [9.17, 15) is 9.18 Å². The molecule has 41 heavy (non-hydrogen) atoms. The van der Waals surface area contributed by atoms with Crippen LogP contribution >= 0.6 is 11.3 Å². The van der Waals surface area contributed by atoms with Crippen molar-refractivity contribution in [2.24, 2.45) is 0 Å². The van der Waals surface area contributed by atoms with Crippen LogP contribution in [0.5, 0.6) is 5.75 Å². The molecule has 1 fully saturated rings. The Morgan fingerprint density at radius 2 is 2.05 bits per heavy atom. The number of hydrogen-bond donors (Lipinski definition) is 1. The minimum atomic E-state index is -1.09. The van der Waals surface area contributed by atoms with Gasteiger partial charge in [0.25, 0.3) is 0 Å². The Bertz CT molecular complexity index is 1680. The number of methoxy groups -OCH3 is 1. The van der Waals surface area contributed by atoms with Gasteiger partial charge in [-0.15, -0.1) is 10.2 Å². The number of benzene rings is 2. The molecule has 212 valence electrons. The third-order valence-corrected chi connectivity index (χ3v) is 8.17. The van der Waals surface area contributed by atoms with E-state index in [1.807, 2.05) is 34.0 Å². The number of hydrogen-bond acceptors (Lipinski definition) is 8. The van der Waals surface area contributed by atoms with Crippen molar-refractivity contribution in [3.8, 4) is 16.9 Å². The first-order chi connectivity index (χ1) is 20.0. The number of carbonyl (C=O) groups is 1. The van der Waals surface area contributed by atoms with E-state index in [-0.39, 0.29) is 12.4 Å². The van der Waals surface area contributed by atoms with Gasteiger partial charge in [-0.1, -0.05) is 12.1 Å². The van der Waals surface area contributed by atoms with Gasteiger partial charge in [0.1, 0.15) is 30.6 Å². The van der Waals surface area contributed by atoms with Gasteiger partial charge in [-0.05, 0) is 63.3 Å². The van der Waals surface area contributed by atoms with Gasteiger partial charge in [-0.25, -0.2) is 9.18 Å². The molecule has 0 aliphatic carbocycles. The Morgan fingerprint density at radius 3 is 2.80 bits per heavy atom. The molecular weight excluding hydrogens is 549 g/mol. The summed E-state index contributed by atoms with van der Waals surface area (Å²) >= 11 is 1.61. The molecule has 0 spiro atoms. The van der Waals surface area contributed by atoms with Crippen LogP contribution in [0.3, 0.4) is 0 Å². The lowest BCUT2D eigenvalue weighted by Gasteiger charge is -2.36. The number of fused-ring (bicyclic) bond motifs is 3. The number of nitrogens with zero attached hydrogens (tertiary/aromatic N) is 3. The smallest absolute Gasteiger partial charge is 0.329 e. The van der Waals surface area contributed by atoms with Crippen LogP contribution in [0.4, 0.5) is 4.39 Å². The Kier molecular flexibility index (Phi) is 7.67. The van der Waals surface area contributed by atoms with Crippen molar-refractivity contribution in [2.45, 2.75) is 24.5 Å². The fraction of sp³-hybridized carbons (Fsp3) is 0.300. The molecule has 5 aromatic rings. The Balaban J connectivity index is 1.40. The summed E-state index contributed by atoms with van der Waals surface area (Å²) in [7, 11) is 1.62. The summed E-state index contributed by atoms with van der Waals surface area (Å²) < 4.78 is 40.0. The third-order valence-electron chi connectivity index (χ3n) is 7.48. The van der Waals surface area contributed by atoms with E-state index in [1.54, 1.807) is 30.8 Å². The van der Waals surface area contributed by atoms with E-state index in [0.717, 1.165) is 27.6 Å². The minimum absolute atomic E-state index is 0.0670. The van der Waals surface area contributed by atoms with E-state index in [1.165, 1.54) is 12.1 Å². The maximum absolute atomic E-state index is 14.9. The summed E-state index contributed by atoms with van der Waals surface area (Å²) in [4.78, 5) is 11.2. The molecule has 3 aromatic heterocycles. The van der Waals surface area contributed by atoms with Crippen LogP contribution in [0.1, 0.15) is 30.1 Å². The van der Waals surface area contributed by atoms with Gasteiger partial charge < -0.3 is 24.1 Å². The Labute approximate surface area is 239 Å². The monoisotopic (exact) mass is 577 g/mol. The van der Waals surface area contributed by atoms with Crippen molar-refractivity contribution in [3.05, 3.63) is 82.6 Å². The molecule has 0 bridgehead atoms. The van der Waals surface area contributed by atoms with Gasteiger partial charge in [-0.2, -0.15) is 11.3 Å². The number of aliphatic carboxylic acids is 1. The zero-order valence-electron chi connectivity index (χ0n) is 22.3. The van der Waals surface area contributed by atoms with Gasteiger partial charge in [0.05, 0.1) is 17.7 Å². The average molecular weight is 578 g/mol. The molecule has 2 aromatic carbocycles. The summed E-state index contributed by atoms with van der Waals surface area (Å²) in [5.74, 6) is -1.27. The topological polar surface area (TPSA) is 104 Å². The molecule has 1 aliphatic rings. The highest BCUT2D eigenvalue weighted by Gasteiger charge is 2.35. The van der Waals surface area contributed by atoms with Crippen molar-refractivity contribution in [1.82, 2.24) is 14.6 Å². The van der Waals surface area contributed by atoms with Gasteiger partial charge in [0.2, 0.25) is 0 Å². The third kappa shape index (κ3) is 5.53. The summed E-state index contributed by atoms with van der Waals surface area (Å²) in [6.07, 6.45) is 2.08. The molecule has 1 aliphatic heterocycles. The molecule has 1 saturated heterocycles. The van der Waals surface area contributed by atoms with Crippen molar-refractivity contribution in [2.75, 3.05) is 33.5 Å². The molecule has 4 heterocycles. The first kappa shape index (κ1) is 27.3. The van der Waals surface area contributed by atoms with Crippen molar-refractivity contribution >= 4 is 33.9 Å². The maximum atomic E-state index is 14.9. The number of aromatic nitrogens is 3. The van der Waals surface area contributed by atoms with E-state index < -0.39 is 30.1 Å². The fourth-order valence-corrected chi connectivity index (χ4v) is 6.04. The van der Waals surface area contributed by atoms with Crippen LogP contribution in [0.25, 0.3) is 27.7 Å². The van der Waals surface area contributed by atoms with Crippen molar-refractivity contribution in [3.63, 3.8) is 0 Å². The van der Waals surface area contributed by atoms with E-state index in [4.69, 9.17) is 24.1 Å².